The van der Waals surface area contributed by atoms with Crippen LogP contribution in [0.25, 0.3) is 0 Å². The summed E-state index contributed by atoms with van der Waals surface area (Å²) in [4.78, 5) is 17.1. The van der Waals surface area contributed by atoms with Crippen LogP contribution in [0.5, 0.6) is 0 Å². The molecule has 2 atom stereocenters. The van der Waals surface area contributed by atoms with Crippen molar-refractivity contribution in [2.75, 3.05) is 34.3 Å². The Kier molecular flexibility index (Phi) is 5.91. The average Bonchev–Trinajstić information content (AvgIpc) is 2.33. The number of guanidine groups is 1. The first-order valence-corrected chi connectivity index (χ1v) is 6.32. The Hall–Kier alpha value is -1.30. The quantitative estimate of drug-likeness (QED) is 0.542. The number of nitrogens with one attached hydrogen (secondary N) is 2. The monoisotopic (exact) mass is 256 g/mol. The van der Waals surface area contributed by atoms with E-state index in [4.69, 9.17) is 4.74 Å². The van der Waals surface area contributed by atoms with Gasteiger partial charge in [-0.25, -0.2) is 0 Å². The maximum Gasteiger partial charge on any atom is 0.241 e. The fraction of sp³-hybridized carbons (Fsp3) is 0.833. The van der Waals surface area contributed by atoms with Gasteiger partial charge in [0, 0.05) is 33.8 Å². The second-order valence-corrected chi connectivity index (χ2v) is 4.76. The zero-order valence-electron chi connectivity index (χ0n) is 11.7. The lowest BCUT2D eigenvalue weighted by molar-refractivity contribution is -0.127. The minimum atomic E-state index is 0.0262. The van der Waals surface area contributed by atoms with E-state index in [0.717, 1.165) is 19.4 Å². The number of carbonyl (C=O) groups excluding carboxylic acids is 1. The molecule has 1 heterocycles. The molecular formula is C12H24N4O2. The van der Waals surface area contributed by atoms with E-state index in [1.54, 1.807) is 26.0 Å². The molecule has 1 aliphatic heterocycles. The van der Waals surface area contributed by atoms with Crippen molar-refractivity contribution in [1.82, 2.24) is 15.5 Å². The molecule has 0 spiro atoms. The van der Waals surface area contributed by atoms with E-state index >= 15 is 0 Å². The maximum atomic E-state index is 11.5. The van der Waals surface area contributed by atoms with Crippen LogP contribution in [0.3, 0.4) is 0 Å². The number of aliphatic imine (C=N–C) groups is 1. The molecule has 2 unspecified atom stereocenters. The SMILES string of the molecule is CN=C(NCC(=O)N(C)C)NC1CCOC(C)C1. The van der Waals surface area contributed by atoms with Gasteiger partial charge < -0.3 is 20.3 Å². The molecule has 1 saturated heterocycles. The molecule has 1 aliphatic rings. The molecule has 1 fully saturated rings. The van der Waals surface area contributed by atoms with E-state index in [9.17, 15) is 4.79 Å². The highest BCUT2D eigenvalue weighted by Crippen LogP contribution is 2.12. The first kappa shape index (κ1) is 14.8. The third kappa shape index (κ3) is 4.91. The average molecular weight is 256 g/mol. The summed E-state index contributed by atoms with van der Waals surface area (Å²) in [5.74, 6) is 0.697. The van der Waals surface area contributed by atoms with Crippen LogP contribution in [-0.2, 0) is 9.53 Å². The third-order valence-corrected chi connectivity index (χ3v) is 2.96. The number of hydrogen-bond acceptors (Lipinski definition) is 3. The first-order chi connectivity index (χ1) is 8.52. The van der Waals surface area contributed by atoms with Crippen LogP contribution < -0.4 is 10.6 Å². The normalized spacial score (nSPS) is 24.6. The van der Waals surface area contributed by atoms with E-state index < -0.39 is 0 Å². The molecule has 0 aromatic heterocycles. The van der Waals surface area contributed by atoms with Crippen molar-refractivity contribution >= 4 is 11.9 Å². The molecule has 0 bridgehead atoms. The Labute approximate surface area is 109 Å². The van der Waals surface area contributed by atoms with Gasteiger partial charge in [-0.05, 0) is 19.8 Å². The molecule has 1 rings (SSSR count). The van der Waals surface area contributed by atoms with E-state index in [0.29, 0.717) is 12.0 Å². The lowest BCUT2D eigenvalue weighted by Crippen LogP contribution is -2.49. The van der Waals surface area contributed by atoms with E-state index in [-0.39, 0.29) is 18.6 Å². The Balaban J connectivity index is 2.36. The Morgan fingerprint density at radius 3 is 2.78 bits per heavy atom. The van der Waals surface area contributed by atoms with Crippen LogP contribution in [0, 0.1) is 0 Å². The summed E-state index contributed by atoms with van der Waals surface area (Å²) >= 11 is 0. The lowest BCUT2D eigenvalue weighted by atomic mass is 10.0. The molecule has 0 aliphatic carbocycles. The van der Waals surface area contributed by atoms with Gasteiger partial charge in [-0.15, -0.1) is 0 Å². The second-order valence-electron chi connectivity index (χ2n) is 4.76. The van der Waals surface area contributed by atoms with Crippen LogP contribution in [0.15, 0.2) is 4.99 Å². The summed E-state index contributed by atoms with van der Waals surface area (Å²) in [6.45, 7) is 3.09. The summed E-state index contributed by atoms with van der Waals surface area (Å²) < 4.78 is 5.49. The molecule has 0 aromatic carbocycles. The number of amides is 1. The van der Waals surface area contributed by atoms with Gasteiger partial charge in [0.05, 0.1) is 12.6 Å². The summed E-state index contributed by atoms with van der Waals surface area (Å²) in [5.41, 5.74) is 0. The van der Waals surface area contributed by atoms with Crippen molar-refractivity contribution in [2.45, 2.75) is 31.9 Å². The summed E-state index contributed by atoms with van der Waals surface area (Å²) in [6.07, 6.45) is 2.20. The van der Waals surface area contributed by atoms with Gasteiger partial charge in [-0.1, -0.05) is 0 Å². The molecule has 104 valence electrons. The van der Waals surface area contributed by atoms with Crippen molar-refractivity contribution in [3.63, 3.8) is 0 Å². The van der Waals surface area contributed by atoms with Crippen molar-refractivity contribution in [1.29, 1.82) is 0 Å². The smallest absolute Gasteiger partial charge is 0.241 e. The number of hydrogen-bond donors (Lipinski definition) is 2. The second kappa shape index (κ2) is 7.20. The maximum absolute atomic E-state index is 11.5. The van der Waals surface area contributed by atoms with Crippen molar-refractivity contribution in [3.8, 4) is 0 Å². The molecule has 2 N–H and O–H groups in total. The van der Waals surface area contributed by atoms with Gasteiger partial charge >= 0.3 is 0 Å². The molecular weight excluding hydrogens is 232 g/mol. The molecule has 18 heavy (non-hydrogen) atoms. The summed E-state index contributed by atoms with van der Waals surface area (Å²) in [6, 6.07) is 0.356. The highest BCUT2D eigenvalue weighted by molar-refractivity contribution is 5.86. The van der Waals surface area contributed by atoms with Crippen molar-refractivity contribution in [2.24, 2.45) is 4.99 Å². The number of likely N-dealkylation sites (N-methyl/N-ethyl adjacent to an activating group) is 1. The lowest BCUT2D eigenvalue weighted by Gasteiger charge is -2.29. The van der Waals surface area contributed by atoms with Crippen LogP contribution in [0.4, 0.5) is 0 Å². The zero-order valence-corrected chi connectivity index (χ0v) is 11.7. The van der Waals surface area contributed by atoms with E-state index in [1.807, 2.05) is 0 Å². The van der Waals surface area contributed by atoms with Gasteiger partial charge in [0.25, 0.3) is 0 Å². The molecule has 6 nitrogen and oxygen atoms in total. The van der Waals surface area contributed by atoms with Gasteiger partial charge in [-0.3, -0.25) is 9.79 Å². The van der Waals surface area contributed by atoms with Gasteiger partial charge in [-0.2, -0.15) is 0 Å². The predicted octanol–water partition coefficient (Wildman–Crippen LogP) is -0.193. The fourth-order valence-electron chi connectivity index (χ4n) is 1.83. The van der Waals surface area contributed by atoms with Crippen LogP contribution in [0.1, 0.15) is 19.8 Å². The van der Waals surface area contributed by atoms with Crippen LogP contribution >= 0.6 is 0 Å². The Morgan fingerprint density at radius 2 is 2.22 bits per heavy atom. The summed E-state index contributed by atoms with van der Waals surface area (Å²) in [5, 5.41) is 6.34. The van der Waals surface area contributed by atoms with Gasteiger partial charge in [0.2, 0.25) is 5.91 Å². The zero-order chi connectivity index (χ0) is 13.5. The molecule has 0 radical (unpaired) electrons. The Bertz CT molecular complexity index is 304. The van der Waals surface area contributed by atoms with Gasteiger partial charge in [0.1, 0.15) is 0 Å². The largest absolute Gasteiger partial charge is 0.378 e. The standard InChI is InChI=1S/C12H24N4O2/c1-9-7-10(5-6-18-9)15-12(13-2)14-8-11(17)16(3)4/h9-10H,5-8H2,1-4H3,(H2,13,14,15). The topological polar surface area (TPSA) is 66.0 Å². The number of carbonyl (C=O) groups is 1. The Morgan fingerprint density at radius 1 is 1.50 bits per heavy atom. The molecule has 6 heteroatoms. The minimum absolute atomic E-state index is 0.0262. The fourth-order valence-corrected chi connectivity index (χ4v) is 1.83. The number of ether oxygens (including phenoxy) is 1. The van der Waals surface area contributed by atoms with Crippen molar-refractivity contribution in [3.05, 3.63) is 0 Å². The first-order valence-electron chi connectivity index (χ1n) is 6.32. The van der Waals surface area contributed by atoms with E-state index in [1.165, 1.54) is 0 Å². The van der Waals surface area contributed by atoms with Gasteiger partial charge in [0.15, 0.2) is 5.96 Å². The highest BCUT2D eigenvalue weighted by Gasteiger charge is 2.20. The predicted molar refractivity (Wildman–Crippen MR) is 71.6 cm³/mol. The number of nitrogens with zero attached hydrogens (tertiary/aromatic N) is 2. The molecule has 1 amide bonds. The van der Waals surface area contributed by atoms with Crippen molar-refractivity contribution < 1.29 is 9.53 Å². The highest BCUT2D eigenvalue weighted by atomic mass is 16.5. The van der Waals surface area contributed by atoms with Crippen LogP contribution in [0.2, 0.25) is 0 Å². The molecule has 0 aromatic rings. The molecule has 0 saturated carbocycles. The third-order valence-electron chi connectivity index (χ3n) is 2.96. The van der Waals surface area contributed by atoms with E-state index in [2.05, 4.69) is 22.5 Å². The number of rotatable bonds is 3. The summed E-state index contributed by atoms with van der Waals surface area (Å²) in [7, 11) is 5.18. The van der Waals surface area contributed by atoms with Crippen LogP contribution in [-0.4, -0.2) is 63.2 Å². The minimum Gasteiger partial charge on any atom is -0.378 e.